The highest BCUT2D eigenvalue weighted by Gasteiger charge is 2.28. The van der Waals surface area contributed by atoms with E-state index in [-0.39, 0.29) is 18.8 Å². The highest BCUT2D eigenvalue weighted by atomic mass is 16.5. The molecular weight excluding hydrogens is 494 g/mol. The zero-order chi connectivity index (χ0) is 28.7. The summed E-state index contributed by atoms with van der Waals surface area (Å²) in [5.41, 5.74) is 12.2. The zero-order valence-electron chi connectivity index (χ0n) is 24.2. The molecule has 8 nitrogen and oxygen atoms in total. The highest BCUT2D eigenvalue weighted by Crippen LogP contribution is 2.14. The molecule has 0 aliphatic carbocycles. The minimum atomic E-state index is -1.03. The lowest BCUT2D eigenvalue weighted by Crippen LogP contribution is -2.51. The average Bonchev–Trinajstić information content (AvgIpc) is 2.93. The summed E-state index contributed by atoms with van der Waals surface area (Å²) in [5.74, 6) is -1.91. The third-order valence-electron chi connectivity index (χ3n) is 7.00. The number of amides is 2. The summed E-state index contributed by atoms with van der Waals surface area (Å²) >= 11 is 0. The van der Waals surface area contributed by atoms with Crippen LogP contribution in [0.1, 0.15) is 115 Å². The van der Waals surface area contributed by atoms with Crippen LogP contribution in [0.25, 0.3) is 0 Å². The zero-order valence-corrected chi connectivity index (χ0v) is 24.2. The van der Waals surface area contributed by atoms with Crippen LogP contribution in [0.3, 0.4) is 0 Å². The largest absolute Gasteiger partial charge is 0.508 e. The van der Waals surface area contributed by atoms with E-state index in [1.165, 1.54) is 95.6 Å². The summed E-state index contributed by atoms with van der Waals surface area (Å²) in [4.78, 5) is 38.0. The molecule has 1 aromatic rings. The van der Waals surface area contributed by atoms with Crippen molar-refractivity contribution in [3.8, 4) is 5.75 Å². The van der Waals surface area contributed by atoms with Crippen molar-refractivity contribution in [2.45, 2.75) is 122 Å². The summed E-state index contributed by atoms with van der Waals surface area (Å²) in [6.07, 6.45) is 20.4. The van der Waals surface area contributed by atoms with E-state index in [1.54, 1.807) is 12.1 Å². The van der Waals surface area contributed by atoms with Gasteiger partial charge in [0.2, 0.25) is 11.8 Å². The van der Waals surface area contributed by atoms with Gasteiger partial charge >= 0.3 is 5.97 Å². The quantitative estimate of drug-likeness (QED) is 0.124. The highest BCUT2D eigenvalue weighted by molar-refractivity contribution is 6.01. The number of unbranched alkanes of at least 4 members (excludes halogenated alkanes) is 15. The van der Waals surface area contributed by atoms with E-state index in [4.69, 9.17) is 16.2 Å². The normalized spacial score (nSPS) is 11.8. The Balaban J connectivity index is 2.12. The molecule has 39 heavy (non-hydrogen) atoms. The number of carbonyl (C=O) groups is 3. The molecule has 0 unspecified atom stereocenters. The molecule has 8 heteroatoms. The molecule has 1 aromatic carbocycles. The number of imide groups is 1. The number of phenolic OH excluding ortho intramolecular Hbond substituents is 1. The van der Waals surface area contributed by atoms with Gasteiger partial charge in [-0.1, -0.05) is 115 Å². The van der Waals surface area contributed by atoms with E-state index >= 15 is 0 Å². The fourth-order valence-corrected chi connectivity index (χ4v) is 4.58. The Hall–Kier alpha value is -2.45. The van der Waals surface area contributed by atoms with Gasteiger partial charge < -0.3 is 21.3 Å². The summed E-state index contributed by atoms with van der Waals surface area (Å²) in [5, 5.41) is 9.39. The number of nitrogens with two attached hydrogens (primary N) is 2. The molecule has 0 spiro atoms. The molecule has 0 saturated carbocycles. The second kappa shape index (κ2) is 22.4. The van der Waals surface area contributed by atoms with Crippen molar-refractivity contribution in [3.63, 3.8) is 0 Å². The Morgan fingerprint density at radius 1 is 0.795 bits per heavy atom. The topological polar surface area (TPSA) is 136 Å². The lowest BCUT2D eigenvalue weighted by molar-refractivity contribution is -0.155. The molecule has 5 N–H and O–H groups in total. The van der Waals surface area contributed by atoms with Crippen LogP contribution in [0.4, 0.5) is 0 Å². The van der Waals surface area contributed by atoms with Crippen LogP contribution in [-0.4, -0.2) is 53.5 Å². The molecule has 0 aliphatic rings. The lowest BCUT2D eigenvalue weighted by atomic mass is 10.0. The van der Waals surface area contributed by atoms with E-state index in [0.29, 0.717) is 0 Å². The van der Waals surface area contributed by atoms with Crippen LogP contribution in [0.15, 0.2) is 24.3 Å². The molecule has 0 fully saturated rings. The van der Waals surface area contributed by atoms with Gasteiger partial charge in [-0.3, -0.25) is 19.3 Å². The summed E-state index contributed by atoms with van der Waals surface area (Å²) < 4.78 is 5.25. The fourth-order valence-electron chi connectivity index (χ4n) is 4.58. The minimum absolute atomic E-state index is 0.102. The van der Waals surface area contributed by atoms with Gasteiger partial charge in [0.25, 0.3) is 0 Å². The predicted octanol–water partition coefficient (Wildman–Crippen LogP) is 5.38. The van der Waals surface area contributed by atoms with E-state index in [1.807, 2.05) is 0 Å². The molecule has 0 saturated heterocycles. The maximum Gasteiger partial charge on any atom is 0.326 e. The van der Waals surface area contributed by atoms with Crippen molar-refractivity contribution >= 4 is 17.8 Å². The molecular formula is C31H53N3O5. The second-order valence-electron chi connectivity index (χ2n) is 10.5. The van der Waals surface area contributed by atoms with Crippen molar-refractivity contribution < 1.29 is 24.2 Å². The fraction of sp³-hybridized carbons (Fsp3) is 0.710. The van der Waals surface area contributed by atoms with Crippen molar-refractivity contribution in [2.24, 2.45) is 11.5 Å². The van der Waals surface area contributed by atoms with Crippen molar-refractivity contribution in [1.29, 1.82) is 0 Å². The SMILES string of the molecule is CCCCCCCCCCCCCCCCCCOC(=O)CN(C(=O)CN)C(=O)[C@@H](N)Cc1ccc(O)cc1. The van der Waals surface area contributed by atoms with Gasteiger partial charge in [0, 0.05) is 0 Å². The molecule has 2 amide bonds. The maximum absolute atomic E-state index is 12.8. The molecule has 0 bridgehead atoms. The van der Waals surface area contributed by atoms with Crippen LogP contribution in [0.5, 0.6) is 5.75 Å². The number of carbonyl (C=O) groups excluding carboxylic acids is 3. The number of hydrogen-bond donors (Lipinski definition) is 3. The van der Waals surface area contributed by atoms with Crippen molar-refractivity contribution in [3.05, 3.63) is 29.8 Å². The van der Waals surface area contributed by atoms with Crippen LogP contribution >= 0.6 is 0 Å². The Morgan fingerprint density at radius 2 is 1.26 bits per heavy atom. The second-order valence-corrected chi connectivity index (χ2v) is 10.5. The van der Waals surface area contributed by atoms with Crippen molar-refractivity contribution in [1.82, 2.24) is 4.90 Å². The third kappa shape index (κ3) is 17.0. The summed E-state index contributed by atoms with van der Waals surface area (Å²) in [6, 6.07) is 5.24. The number of aromatic hydroxyl groups is 1. The summed E-state index contributed by atoms with van der Waals surface area (Å²) in [6.45, 7) is 1.60. The molecule has 1 rings (SSSR count). The summed E-state index contributed by atoms with van der Waals surface area (Å²) in [7, 11) is 0. The number of nitrogens with zero attached hydrogens (tertiary/aromatic N) is 1. The first kappa shape index (κ1) is 34.6. The van der Waals surface area contributed by atoms with Crippen LogP contribution < -0.4 is 11.5 Å². The van der Waals surface area contributed by atoms with Gasteiger partial charge in [0.05, 0.1) is 19.2 Å². The Morgan fingerprint density at radius 3 is 1.72 bits per heavy atom. The number of esters is 1. The lowest BCUT2D eigenvalue weighted by Gasteiger charge is -2.23. The monoisotopic (exact) mass is 547 g/mol. The first-order chi connectivity index (χ1) is 18.9. The Kier molecular flexibility index (Phi) is 19.8. The molecule has 0 heterocycles. The van der Waals surface area contributed by atoms with E-state index in [9.17, 15) is 19.5 Å². The first-order valence-corrected chi connectivity index (χ1v) is 15.1. The minimum Gasteiger partial charge on any atom is -0.508 e. The van der Waals surface area contributed by atoms with E-state index < -0.39 is 36.9 Å². The maximum atomic E-state index is 12.8. The first-order valence-electron chi connectivity index (χ1n) is 15.1. The number of phenols is 1. The van der Waals surface area contributed by atoms with E-state index in [2.05, 4.69) is 6.92 Å². The Bertz CT molecular complexity index is 800. The van der Waals surface area contributed by atoms with Gasteiger partial charge in [-0.25, -0.2) is 0 Å². The van der Waals surface area contributed by atoms with Crippen molar-refractivity contribution in [2.75, 3.05) is 19.7 Å². The van der Waals surface area contributed by atoms with Crippen LogP contribution in [0.2, 0.25) is 0 Å². The number of ether oxygens (including phenoxy) is 1. The smallest absolute Gasteiger partial charge is 0.326 e. The molecule has 222 valence electrons. The number of hydrogen-bond acceptors (Lipinski definition) is 7. The van der Waals surface area contributed by atoms with Gasteiger partial charge in [-0.05, 0) is 30.5 Å². The van der Waals surface area contributed by atoms with Gasteiger partial charge in [-0.15, -0.1) is 0 Å². The van der Waals surface area contributed by atoms with Gasteiger partial charge in [0.1, 0.15) is 12.3 Å². The number of rotatable bonds is 23. The molecule has 0 radical (unpaired) electrons. The predicted molar refractivity (Wildman–Crippen MR) is 156 cm³/mol. The van der Waals surface area contributed by atoms with Gasteiger partial charge in [0.15, 0.2) is 0 Å². The van der Waals surface area contributed by atoms with Crippen LogP contribution in [0, 0.1) is 0 Å². The number of benzene rings is 1. The molecule has 0 aliphatic heterocycles. The molecule has 0 aromatic heterocycles. The van der Waals surface area contributed by atoms with Crippen LogP contribution in [-0.2, 0) is 25.5 Å². The van der Waals surface area contributed by atoms with Gasteiger partial charge in [-0.2, -0.15) is 0 Å². The standard InChI is InChI=1S/C31H53N3O5/c1-2-3-4-5-6-7-8-9-10-11-12-13-14-15-16-17-22-39-30(37)25-34(29(36)24-32)31(38)28(33)23-26-18-20-27(35)21-19-26/h18-21,28,35H,2-17,22-25,32-33H2,1H3/t28-/m0/s1. The Labute approximate surface area is 235 Å². The molecule has 1 atom stereocenters. The average molecular weight is 548 g/mol. The third-order valence-corrected chi connectivity index (χ3v) is 7.00. The van der Waals surface area contributed by atoms with E-state index in [0.717, 1.165) is 29.7 Å².